The largest absolute Gasteiger partial charge is 0.481 e. The summed E-state index contributed by atoms with van der Waals surface area (Å²) in [7, 11) is 0. The molecule has 0 radical (unpaired) electrons. The first-order chi connectivity index (χ1) is 9.11. The molecule has 0 atom stereocenters. The number of aromatic nitrogens is 3. The maximum absolute atomic E-state index is 10.6. The van der Waals surface area contributed by atoms with E-state index in [0.29, 0.717) is 17.5 Å². The van der Waals surface area contributed by atoms with Crippen molar-refractivity contribution in [3.63, 3.8) is 0 Å². The fraction of sp³-hybridized carbons (Fsp3) is 0.300. The number of carboxylic acid groups (broad SMARTS) is 1. The number of thiophene rings is 1. The number of halogens is 1. The number of carboxylic acids is 1. The van der Waals surface area contributed by atoms with Gasteiger partial charge in [0.05, 0.1) is 12.3 Å². The van der Waals surface area contributed by atoms with Gasteiger partial charge in [-0.05, 0) is 27.4 Å². The summed E-state index contributed by atoms with van der Waals surface area (Å²) in [4.78, 5) is 11.7. The van der Waals surface area contributed by atoms with Crippen molar-refractivity contribution < 1.29 is 15.0 Å². The second-order valence-corrected chi connectivity index (χ2v) is 6.31. The van der Waals surface area contributed by atoms with Gasteiger partial charge in [-0.15, -0.1) is 21.5 Å². The quantitative estimate of drug-likeness (QED) is 0.761. The van der Waals surface area contributed by atoms with E-state index in [0.717, 1.165) is 21.1 Å². The Bertz CT molecular complexity index is 584. The molecule has 0 aliphatic rings. The zero-order valence-electron chi connectivity index (χ0n) is 9.61. The van der Waals surface area contributed by atoms with E-state index in [9.17, 15) is 9.90 Å². The molecule has 0 bridgehead atoms. The summed E-state index contributed by atoms with van der Waals surface area (Å²) in [6, 6.07) is 1.94. The average molecular weight is 364 g/mol. The molecule has 0 aliphatic heterocycles. The summed E-state index contributed by atoms with van der Waals surface area (Å²) >= 11 is 6.09. The van der Waals surface area contributed by atoms with E-state index in [-0.39, 0.29) is 12.4 Å². The van der Waals surface area contributed by atoms with Crippen LogP contribution < -0.4 is 0 Å². The summed E-state index contributed by atoms with van der Waals surface area (Å²) in [6.07, 6.45) is 0. The third-order valence-corrected chi connectivity index (χ3v) is 5.12. The standard InChI is InChI=1S/C10H10BrN3O3S2/c11-6-1-2-18-7(6)3-14-8(4-15)12-13-10(14)19-5-9(16)17/h1-2,15H,3-5H2,(H,16,17). The molecule has 2 aromatic rings. The number of aliphatic hydroxyl groups excluding tert-OH is 1. The van der Waals surface area contributed by atoms with E-state index >= 15 is 0 Å². The zero-order valence-corrected chi connectivity index (χ0v) is 12.8. The van der Waals surface area contributed by atoms with Gasteiger partial charge in [0.15, 0.2) is 11.0 Å². The number of aliphatic hydroxyl groups is 1. The Hall–Kier alpha value is -0.900. The molecule has 6 nitrogen and oxygen atoms in total. The van der Waals surface area contributed by atoms with Crippen molar-refractivity contribution in [2.75, 3.05) is 5.75 Å². The smallest absolute Gasteiger partial charge is 0.313 e. The van der Waals surface area contributed by atoms with Gasteiger partial charge in [0, 0.05) is 9.35 Å². The number of thioether (sulfide) groups is 1. The molecule has 0 unspecified atom stereocenters. The van der Waals surface area contributed by atoms with Gasteiger partial charge in [0.1, 0.15) is 6.61 Å². The summed E-state index contributed by atoms with van der Waals surface area (Å²) < 4.78 is 2.70. The molecule has 0 saturated carbocycles. The highest BCUT2D eigenvalue weighted by Gasteiger charge is 2.15. The highest BCUT2D eigenvalue weighted by Crippen LogP contribution is 2.26. The predicted octanol–water partition coefficient (Wildman–Crippen LogP) is 1.82. The fourth-order valence-corrected chi connectivity index (χ4v) is 3.55. The lowest BCUT2D eigenvalue weighted by atomic mass is 10.4. The minimum Gasteiger partial charge on any atom is -0.481 e. The highest BCUT2D eigenvalue weighted by atomic mass is 79.9. The van der Waals surface area contributed by atoms with Gasteiger partial charge in [0.25, 0.3) is 0 Å². The Labute approximate surface area is 125 Å². The van der Waals surface area contributed by atoms with Crippen LogP contribution in [0.4, 0.5) is 0 Å². The van der Waals surface area contributed by atoms with E-state index < -0.39 is 5.97 Å². The molecule has 102 valence electrons. The third kappa shape index (κ3) is 3.56. The Morgan fingerprint density at radius 2 is 2.32 bits per heavy atom. The van der Waals surface area contributed by atoms with Crippen LogP contribution in [0.1, 0.15) is 10.7 Å². The van der Waals surface area contributed by atoms with Crippen LogP contribution in [0.3, 0.4) is 0 Å². The van der Waals surface area contributed by atoms with Crippen molar-refractivity contribution in [3.8, 4) is 0 Å². The van der Waals surface area contributed by atoms with Crippen molar-refractivity contribution >= 4 is 45.0 Å². The molecule has 2 rings (SSSR count). The Morgan fingerprint density at radius 1 is 1.53 bits per heavy atom. The van der Waals surface area contributed by atoms with E-state index in [2.05, 4.69) is 26.1 Å². The SMILES string of the molecule is O=C(O)CSc1nnc(CO)n1Cc1sccc1Br. The number of rotatable bonds is 6. The van der Waals surface area contributed by atoms with Gasteiger partial charge in [-0.1, -0.05) is 11.8 Å². The van der Waals surface area contributed by atoms with E-state index in [1.54, 1.807) is 15.9 Å². The van der Waals surface area contributed by atoms with Crippen molar-refractivity contribution in [1.82, 2.24) is 14.8 Å². The Kier molecular flexibility index (Phi) is 4.97. The van der Waals surface area contributed by atoms with Crippen LogP contribution in [0.25, 0.3) is 0 Å². The number of nitrogens with zero attached hydrogens (tertiary/aromatic N) is 3. The highest BCUT2D eigenvalue weighted by molar-refractivity contribution is 9.10. The molecule has 0 spiro atoms. The first-order valence-electron chi connectivity index (χ1n) is 5.21. The summed E-state index contributed by atoms with van der Waals surface area (Å²) in [5, 5.41) is 28.2. The first-order valence-corrected chi connectivity index (χ1v) is 7.87. The molecule has 0 aliphatic carbocycles. The summed E-state index contributed by atoms with van der Waals surface area (Å²) in [6.45, 7) is 0.271. The minimum atomic E-state index is -0.914. The van der Waals surface area contributed by atoms with Crippen LogP contribution in [0, 0.1) is 0 Å². The number of hydrogen-bond donors (Lipinski definition) is 2. The Balaban J connectivity index is 2.23. The topological polar surface area (TPSA) is 88.2 Å². The lowest BCUT2D eigenvalue weighted by molar-refractivity contribution is -0.133. The molecule has 2 N–H and O–H groups in total. The molecule has 0 saturated heterocycles. The molecule has 0 fully saturated rings. The molecule has 0 aromatic carbocycles. The summed E-state index contributed by atoms with van der Waals surface area (Å²) in [5.41, 5.74) is 0. The molecule has 2 heterocycles. The second-order valence-electron chi connectivity index (χ2n) is 3.52. The van der Waals surface area contributed by atoms with Gasteiger partial charge >= 0.3 is 5.97 Å². The molecular weight excluding hydrogens is 354 g/mol. The fourth-order valence-electron chi connectivity index (χ4n) is 1.41. The molecule has 9 heteroatoms. The van der Waals surface area contributed by atoms with Crippen molar-refractivity contribution in [2.45, 2.75) is 18.3 Å². The second kappa shape index (κ2) is 6.51. The number of hydrogen-bond acceptors (Lipinski definition) is 6. The molecule has 0 amide bonds. The normalized spacial score (nSPS) is 10.8. The maximum Gasteiger partial charge on any atom is 0.313 e. The maximum atomic E-state index is 10.6. The first kappa shape index (κ1) is 14.5. The van der Waals surface area contributed by atoms with Gasteiger partial charge in [0.2, 0.25) is 0 Å². The average Bonchev–Trinajstić information content (AvgIpc) is 2.95. The van der Waals surface area contributed by atoms with Crippen LogP contribution >= 0.6 is 39.0 Å². The van der Waals surface area contributed by atoms with E-state index in [1.165, 1.54) is 0 Å². The van der Waals surface area contributed by atoms with E-state index in [4.69, 9.17) is 5.11 Å². The van der Waals surface area contributed by atoms with E-state index in [1.807, 2.05) is 11.4 Å². The van der Waals surface area contributed by atoms with Crippen LogP contribution in [0.2, 0.25) is 0 Å². The lowest BCUT2D eigenvalue weighted by Crippen LogP contribution is -2.07. The number of carbonyl (C=O) groups is 1. The van der Waals surface area contributed by atoms with Crippen molar-refractivity contribution in [3.05, 3.63) is 26.6 Å². The predicted molar refractivity (Wildman–Crippen MR) is 75.4 cm³/mol. The molecule has 19 heavy (non-hydrogen) atoms. The zero-order chi connectivity index (χ0) is 13.8. The minimum absolute atomic E-state index is 0.0881. The molecule has 2 aromatic heterocycles. The van der Waals surface area contributed by atoms with Gasteiger partial charge in [-0.2, -0.15) is 0 Å². The monoisotopic (exact) mass is 363 g/mol. The van der Waals surface area contributed by atoms with Gasteiger partial charge in [-0.25, -0.2) is 0 Å². The van der Waals surface area contributed by atoms with Crippen LogP contribution in [0.5, 0.6) is 0 Å². The number of aliphatic carboxylic acids is 1. The van der Waals surface area contributed by atoms with Crippen LogP contribution in [-0.2, 0) is 17.9 Å². The lowest BCUT2D eigenvalue weighted by Gasteiger charge is -2.07. The Morgan fingerprint density at radius 3 is 2.89 bits per heavy atom. The third-order valence-electron chi connectivity index (χ3n) is 2.25. The van der Waals surface area contributed by atoms with Gasteiger partial charge < -0.3 is 10.2 Å². The van der Waals surface area contributed by atoms with Crippen molar-refractivity contribution in [1.29, 1.82) is 0 Å². The van der Waals surface area contributed by atoms with Crippen LogP contribution in [0.15, 0.2) is 21.1 Å². The van der Waals surface area contributed by atoms with Gasteiger partial charge in [-0.3, -0.25) is 9.36 Å². The van der Waals surface area contributed by atoms with Crippen molar-refractivity contribution in [2.24, 2.45) is 0 Å². The summed E-state index contributed by atoms with van der Waals surface area (Å²) in [5.74, 6) is -0.578. The molecular formula is C10H10BrN3O3S2. The van der Waals surface area contributed by atoms with Crippen LogP contribution in [-0.4, -0.2) is 36.7 Å².